The number of nitrogens with zero attached hydrogens (tertiary/aromatic N) is 1. The van der Waals surface area contributed by atoms with Gasteiger partial charge in [0.1, 0.15) is 11.6 Å². The Morgan fingerprint density at radius 1 is 1.32 bits per heavy atom. The van der Waals surface area contributed by atoms with Crippen molar-refractivity contribution in [1.82, 2.24) is 0 Å². The van der Waals surface area contributed by atoms with Crippen LogP contribution in [0.15, 0.2) is 41.0 Å². The molecule has 102 valence electrons. The molecular formula is C15H18FNO2. The monoisotopic (exact) mass is 263 g/mol. The number of rotatable bonds is 5. The zero-order valence-corrected chi connectivity index (χ0v) is 11.1. The first-order valence-corrected chi connectivity index (χ1v) is 6.37. The Labute approximate surface area is 112 Å². The maximum Gasteiger partial charge on any atom is 0.146 e. The zero-order valence-electron chi connectivity index (χ0n) is 11.1. The number of halogens is 1. The number of furan rings is 1. The van der Waals surface area contributed by atoms with Crippen molar-refractivity contribution in [1.29, 1.82) is 0 Å². The molecule has 0 spiro atoms. The molecule has 0 bridgehead atoms. The van der Waals surface area contributed by atoms with Crippen LogP contribution < -0.4 is 4.90 Å². The molecule has 0 radical (unpaired) electrons. The van der Waals surface area contributed by atoms with Crippen LogP contribution in [-0.4, -0.2) is 11.7 Å². The van der Waals surface area contributed by atoms with Gasteiger partial charge in [0.15, 0.2) is 0 Å². The fourth-order valence-corrected chi connectivity index (χ4v) is 2.14. The average molecular weight is 263 g/mol. The summed E-state index contributed by atoms with van der Waals surface area (Å²) in [6.45, 7) is 4.69. The summed E-state index contributed by atoms with van der Waals surface area (Å²) in [7, 11) is 0. The van der Waals surface area contributed by atoms with Gasteiger partial charge in [0.25, 0.3) is 0 Å². The normalized spacial score (nSPS) is 12.4. The number of anilines is 1. The Kier molecular flexibility index (Phi) is 4.22. The summed E-state index contributed by atoms with van der Waals surface area (Å²) < 4.78 is 19.4. The van der Waals surface area contributed by atoms with Gasteiger partial charge in [0.2, 0.25) is 0 Å². The van der Waals surface area contributed by atoms with Gasteiger partial charge in [-0.25, -0.2) is 4.39 Å². The molecule has 1 N–H and O–H groups in total. The van der Waals surface area contributed by atoms with Gasteiger partial charge in [0.05, 0.1) is 24.6 Å². The lowest BCUT2D eigenvalue weighted by molar-refractivity contribution is 0.199. The van der Waals surface area contributed by atoms with E-state index in [-0.39, 0.29) is 5.82 Å². The third kappa shape index (κ3) is 2.96. The van der Waals surface area contributed by atoms with Gasteiger partial charge in [-0.2, -0.15) is 0 Å². The molecule has 0 unspecified atom stereocenters. The molecule has 1 aromatic heterocycles. The van der Waals surface area contributed by atoms with E-state index < -0.39 is 6.10 Å². The molecule has 4 heteroatoms. The predicted molar refractivity (Wildman–Crippen MR) is 72.5 cm³/mol. The van der Waals surface area contributed by atoms with E-state index >= 15 is 0 Å². The van der Waals surface area contributed by atoms with Crippen molar-refractivity contribution in [2.45, 2.75) is 26.5 Å². The topological polar surface area (TPSA) is 36.6 Å². The van der Waals surface area contributed by atoms with Crippen molar-refractivity contribution >= 4 is 5.69 Å². The smallest absolute Gasteiger partial charge is 0.146 e. The lowest BCUT2D eigenvalue weighted by atomic mass is 10.1. The third-order valence-electron chi connectivity index (χ3n) is 3.09. The van der Waals surface area contributed by atoms with Crippen LogP contribution in [0.3, 0.4) is 0 Å². The van der Waals surface area contributed by atoms with E-state index in [0.717, 1.165) is 5.76 Å². The van der Waals surface area contributed by atoms with Crippen molar-refractivity contribution in [3.63, 3.8) is 0 Å². The van der Waals surface area contributed by atoms with Gasteiger partial charge >= 0.3 is 0 Å². The fourth-order valence-electron chi connectivity index (χ4n) is 2.14. The minimum Gasteiger partial charge on any atom is -0.467 e. The third-order valence-corrected chi connectivity index (χ3v) is 3.09. The lowest BCUT2D eigenvalue weighted by Crippen LogP contribution is -2.24. The molecular weight excluding hydrogens is 245 g/mol. The van der Waals surface area contributed by atoms with Gasteiger partial charge in [-0.3, -0.25) is 0 Å². The second-order valence-corrected chi connectivity index (χ2v) is 4.45. The molecule has 0 saturated heterocycles. The van der Waals surface area contributed by atoms with E-state index in [2.05, 4.69) is 0 Å². The number of hydrogen-bond acceptors (Lipinski definition) is 3. The average Bonchev–Trinajstić information content (AvgIpc) is 2.89. The van der Waals surface area contributed by atoms with E-state index in [1.165, 1.54) is 6.07 Å². The molecule has 3 nitrogen and oxygen atoms in total. The van der Waals surface area contributed by atoms with Crippen molar-refractivity contribution in [2.75, 3.05) is 11.4 Å². The van der Waals surface area contributed by atoms with E-state index in [1.807, 2.05) is 17.9 Å². The number of aliphatic hydroxyl groups is 1. The number of hydrogen-bond donors (Lipinski definition) is 1. The molecule has 1 aromatic carbocycles. The second-order valence-electron chi connectivity index (χ2n) is 4.45. The molecule has 0 amide bonds. The highest BCUT2D eigenvalue weighted by molar-refractivity contribution is 5.55. The maximum atomic E-state index is 14.1. The Hall–Kier alpha value is -1.81. The summed E-state index contributed by atoms with van der Waals surface area (Å²) in [5.41, 5.74) is 1.03. The Balaban J connectivity index is 2.37. The van der Waals surface area contributed by atoms with Gasteiger partial charge in [-0.1, -0.05) is 12.1 Å². The molecule has 1 atom stereocenters. The largest absolute Gasteiger partial charge is 0.467 e. The summed E-state index contributed by atoms with van der Waals surface area (Å²) in [5.74, 6) is 0.438. The van der Waals surface area contributed by atoms with Crippen LogP contribution in [0.25, 0.3) is 0 Å². The van der Waals surface area contributed by atoms with E-state index in [4.69, 9.17) is 4.42 Å². The van der Waals surface area contributed by atoms with Crippen LogP contribution in [0.1, 0.15) is 31.3 Å². The summed E-state index contributed by atoms with van der Waals surface area (Å²) in [6.07, 6.45) is 0.886. The quantitative estimate of drug-likeness (QED) is 0.897. The van der Waals surface area contributed by atoms with Gasteiger partial charge in [-0.05, 0) is 32.0 Å². The summed E-state index contributed by atoms with van der Waals surface area (Å²) in [5, 5.41) is 9.78. The van der Waals surface area contributed by atoms with Crippen LogP contribution in [0.5, 0.6) is 0 Å². The molecule has 0 aliphatic heterocycles. The van der Waals surface area contributed by atoms with E-state index in [1.54, 1.807) is 31.4 Å². The molecule has 0 saturated carbocycles. The van der Waals surface area contributed by atoms with Crippen molar-refractivity contribution in [2.24, 2.45) is 0 Å². The van der Waals surface area contributed by atoms with Crippen molar-refractivity contribution < 1.29 is 13.9 Å². The minimum atomic E-state index is -0.712. The standard InChI is InChI=1S/C15H18FNO2/c1-3-17(10-12-6-5-9-19-12)15-13(11(2)18)7-4-8-14(15)16/h4-9,11,18H,3,10H2,1-2H3/t11-/m0/s1. The van der Waals surface area contributed by atoms with E-state index in [0.29, 0.717) is 24.3 Å². The van der Waals surface area contributed by atoms with Gasteiger partial charge < -0.3 is 14.4 Å². The molecule has 0 fully saturated rings. The molecule has 19 heavy (non-hydrogen) atoms. The Morgan fingerprint density at radius 2 is 2.11 bits per heavy atom. The first kappa shape index (κ1) is 13.6. The fraction of sp³-hybridized carbons (Fsp3) is 0.333. The van der Waals surface area contributed by atoms with Crippen LogP contribution in [-0.2, 0) is 6.54 Å². The number of para-hydroxylation sites is 1. The first-order valence-electron chi connectivity index (χ1n) is 6.37. The highest BCUT2D eigenvalue weighted by Gasteiger charge is 2.18. The summed E-state index contributed by atoms with van der Waals surface area (Å²) in [4.78, 5) is 1.86. The molecule has 1 heterocycles. The highest BCUT2D eigenvalue weighted by Crippen LogP contribution is 2.30. The molecule has 2 rings (SSSR count). The van der Waals surface area contributed by atoms with Crippen molar-refractivity contribution in [3.05, 3.63) is 53.7 Å². The van der Waals surface area contributed by atoms with E-state index in [9.17, 15) is 9.50 Å². The summed E-state index contributed by atoms with van der Waals surface area (Å²) in [6, 6.07) is 8.42. The van der Waals surface area contributed by atoms with Crippen LogP contribution in [0.4, 0.5) is 10.1 Å². The predicted octanol–water partition coefficient (Wildman–Crippen LogP) is 3.50. The molecule has 2 aromatic rings. The molecule has 0 aliphatic rings. The zero-order chi connectivity index (χ0) is 13.8. The number of benzene rings is 1. The summed E-state index contributed by atoms with van der Waals surface area (Å²) >= 11 is 0. The first-order chi connectivity index (χ1) is 9.13. The van der Waals surface area contributed by atoms with Crippen molar-refractivity contribution in [3.8, 4) is 0 Å². The second kappa shape index (κ2) is 5.89. The van der Waals surface area contributed by atoms with Crippen LogP contribution in [0, 0.1) is 5.82 Å². The van der Waals surface area contributed by atoms with Gasteiger partial charge in [-0.15, -0.1) is 0 Å². The lowest BCUT2D eigenvalue weighted by Gasteiger charge is -2.26. The number of aliphatic hydroxyl groups excluding tert-OH is 1. The van der Waals surface area contributed by atoms with Crippen LogP contribution >= 0.6 is 0 Å². The Bertz CT molecular complexity index is 523. The Morgan fingerprint density at radius 3 is 2.68 bits per heavy atom. The maximum absolute atomic E-state index is 14.1. The van der Waals surface area contributed by atoms with Gasteiger partial charge in [0, 0.05) is 12.1 Å². The SMILES string of the molecule is CCN(Cc1ccco1)c1c(F)cccc1[C@H](C)O. The van der Waals surface area contributed by atoms with Crippen LogP contribution in [0.2, 0.25) is 0 Å². The molecule has 0 aliphatic carbocycles. The minimum absolute atomic E-state index is 0.327. The highest BCUT2D eigenvalue weighted by atomic mass is 19.1.